The van der Waals surface area contributed by atoms with E-state index in [1.165, 1.54) is 0 Å². The first-order chi connectivity index (χ1) is 13.6. The van der Waals surface area contributed by atoms with E-state index < -0.39 is 0 Å². The van der Waals surface area contributed by atoms with Gasteiger partial charge in [-0.2, -0.15) is 0 Å². The average molecular weight is 387 g/mol. The molecule has 4 rings (SSSR count). The number of anilines is 2. The number of ether oxygens (including phenoxy) is 1. The molecule has 2 aromatic rings. The Hall–Kier alpha value is -2.19. The molecule has 152 valence electrons. The van der Waals surface area contributed by atoms with Crippen molar-refractivity contribution in [1.29, 1.82) is 0 Å². The van der Waals surface area contributed by atoms with Crippen LogP contribution in [0.5, 0.6) is 0 Å². The summed E-state index contributed by atoms with van der Waals surface area (Å²) in [4.78, 5) is 18.7. The predicted octanol–water partition coefficient (Wildman–Crippen LogP) is 2.32. The Kier molecular flexibility index (Phi) is 5.50. The van der Waals surface area contributed by atoms with E-state index in [1.54, 1.807) is 13.3 Å². The number of hydrogen-bond donors (Lipinski definition) is 2. The maximum atomic E-state index is 12.3. The molecular formula is C20H29N5O3. The molecule has 1 amide bonds. The quantitative estimate of drug-likeness (QED) is 0.790. The van der Waals surface area contributed by atoms with Crippen LogP contribution in [0.4, 0.5) is 11.6 Å². The third kappa shape index (κ3) is 3.71. The molecule has 1 aliphatic heterocycles. The summed E-state index contributed by atoms with van der Waals surface area (Å²) in [6.07, 6.45) is 6.53. The largest absolute Gasteiger partial charge is 0.393 e. The minimum absolute atomic E-state index is 0.0888. The van der Waals surface area contributed by atoms with Gasteiger partial charge >= 0.3 is 0 Å². The highest BCUT2D eigenvalue weighted by atomic mass is 16.5. The molecule has 0 unspecified atom stereocenters. The number of methoxy groups -OCH3 is 1. The predicted molar refractivity (Wildman–Crippen MR) is 107 cm³/mol. The number of aromatic nitrogens is 3. The smallest absolute Gasteiger partial charge is 0.241 e. The number of aliphatic hydroxyl groups excluding tert-OH is 1. The number of fused-ring (bicyclic) bond motifs is 1. The fourth-order valence-electron chi connectivity index (χ4n) is 4.36. The number of carbonyl (C=O) groups excluding carboxylic acids is 1. The summed E-state index contributed by atoms with van der Waals surface area (Å²) >= 11 is 0. The molecule has 0 radical (unpaired) electrons. The van der Waals surface area contributed by atoms with Crippen molar-refractivity contribution >= 4 is 23.1 Å². The van der Waals surface area contributed by atoms with Gasteiger partial charge in [0.25, 0.3) is 0 Å². The topological polar surface area (TPSA) is 92.0 Å². The fourth-order valence-corrected chi connectivity index (χ4v) is 4.36. The zero-order valence-corrected chi connectivity index (χ0v) is 16.6. The molecule has 1 saturated carbocycles. The molecular weight excluding hydrogens is 358 g/mol. The Bertz CT molecular complexity index is 844. The lowest BCUT2D eigenvalue weighted by molar-refractivity contribution is -0.117. The second-order valence-corrected chi connectivity index (χ2v) is 7.99. The maximum absolute atomic E-state index is 12.3. The summed E-state index contributed by atoms with van der Waals surface area (Å²) < 4.78 is 7.13. The van der Waals surface area contributed by atoms with Crippen molar-refractivity contribution in [3.05, 3.63) is 18.0 Å². The Labute approximate surface area is 164 Å². The van der Waals surface area contributed by atoms with Gasteiger partial charge in [-0.1, -0.05) is 0 Å². The maximum Gasteiger partial charge on any atom is 0.241 e. The van der Waals surface area contributed by atoms with Gasteiger partial charge in [-0.15, -0.1) is 5.10 Å². The first-order valence-electron chi connectivity index (χ1n) is 10.2. The molecule has 2 aromatic heterocycles. The molecule has 2 fully saturated rings. The standard InChI is InChI=1S/C20H29N5O3/c1-13(12-28-2)22-20-21-11-18-17(24-9-3-4-19(24)27)10-16(25(18)23-20)14-5-7-15(26)8-6-14/h10-11,13-15,26H,3-9,12H2,1-2H3,(H,22,23)/t13-,14-,15-/m0/s1. The SMILES string of the molecule is COC[C@H](C)Nc1ncc2c(N3CCCC3=O)cc([C@H]3CC[C@H](O)CC3)n2n1. The number of rotatable bonds is 6. The van der Waals surface area contributed by atoms with Crippen LogP contribution in [0.2, 0.25) is 0 Å². The third-order valence-corrected chi connectivity index (χ3v) is 5.79. The van der Waals surface area contributed by atoms with Crippen molar-refractivity contribution in [1.82, 2.24) is 14.6 Å². The second kappa shape index (κ2) is 8.05. The highest BCUT2D eigenvalue weighted by Gasteiger charge is 2.29. The third-order valence-electron chi connectivity index (χ3n) is 5.79. The first kappa shape index (κ1) is 19.1. The second-order valence-electron chi connectivity index (χ2n) is 7.99. The number of nitrogens with one attached hydrogen (secondary N) is 1. The van der Waals surface area contributed by atoms with E-state index in [0.717, 1.165) is 55.5 Å². The van der Waals surface area contributed by atoms with Gasteiger partial charge in [-0.05, 0) is 45.1 Å². The summed E-state index contributed by atoms with van der Waals surface area (Å²) in [7, 11) is 1.67. The van der Waals surface area contributed by atoms with E-state index in [1.807, 2.05) is 16.3 Å². The monoisotopic (exact) mass is 387 g/mol. The number of aliphatic hydroxyl groups is 1. The van der Waals surface area contributed by atoms with E-state index in [-0.39, 0.29) is 18.1 Å². The first-order valence-corrected chi connectivity index (χ1v) is 10.2. The fraction of sp³-hybridized carbons (Fsp3) is 0.650. The average Bonchev–Trinajstić information content (AvgIpc) is 3.25. The molecule has 8 nitrogen and oxygen atoms in total. The van der Waals surface area contributed by atoms with Crippen LogP contribution in [0.25, 0.3) is 5.52 Å². The van der Waals surface area contributed by atoms with Crippen LogP contribution in [0, 0.1) is 0 Å². The van der Waals surface area contributed by atoms with Crippen LogP contribution in [-0.2, 0) is 9.53 Å². The normalized spacial score (nSPS) is 24.1. The minimum atomic E-state index is -0.205. The Morgan fingerprint density at radius 1 is 1.36 bits per heavy atom. The van der Waals surface area contributed by atoms with Crippen LogP contribution >= 0.6 is 0 Å². The molecule has 0 spiro atoms. The van der Waals surface area contributed by atoms with Gasteiger partial charge in [0, 0.05) is 37.7 Å². The number of carbonyl (C=O) groups is 1. The number of hydrogen-bond acceptors (Lipinski definition) is 6. The summed E-state index contributed by atoms with van der Waals surface area (Å²) in [5, 5.41) is 17.9. The Balaban J connectivity index is 1.73. The summed E-state index contributed by atoms with van der Waals surface area (Å²) in [5.41, 5.74) is 2.86. The lowest BCUT2D eigenvalue weighted by Gasteiger charge is -2.25. The van der Waals surface area contributed by atoms with Gasteiger partial charge in [0.2, 0.25) is 11.9 Å². The lowest BCUT2D eigenvalue weighted by Crippen LogP contribution is -2.24. The van der Waals surface area contributed by atoms with E-state index >= 15 is 0 Å². The van der Waals surface area contributed by atoms with Gasteiger partial charge in [-0.3, -0.25) is 4.79 Å². The van der Waals surface area contributed by atoms with E-state index in [2.05, 4.69) is 16.4 Å². The molecule has 2 N–H and O–H groups in total. The molecule has 3 heterocycles. The molecule has 28 heavy (non-hydrogen) atoms. The van der Waals surface area contributed by atoms with Crippen LogP contribution in [0.1, 0.15) is 57.1 Å². The molecule has 8 heteroatoms. The zero-order chi connectivity index (χ0) is 19.7. The molecule has 0 aromatic carbocycles. The van der Waals surface area contributed by atoms with E-state index in [4.69, 9.17) is 9.84 Å². The summed E-state index contributed by atoms with van der Waals surface area (Å²) in [6.45, 7) is 3.32. The number of nitrogens with zero attached hydrogens (tertiary/aromatic N) is 4. The molecule has 1 saturated heterocycles. The van der Waals surface area contributed by atoms with Crippen molar-refractivity contribution in [2.45, 2.75) is 63.5 Å². The van der Waals surface area contributed by atoms with Crippen molar-refractivity contribution in [3.8, 4) is 0 Å². The van der Waals surface area contributed by atoms with Crippen molar-refractivity contribution < 1.29 is 14.6 Å². The summed E-state index contributed by atoms with van der Waals surface area (Å²) in [6, 6.07) is 2.20. The summed E-state index contributed by atoms with van der Waals surface area (Å²) in [5.74, 6) is 1.03. The number of amides is 1. The lowest BCUT2D eigenvalue weighted by atomic mass is 9.85. The Morgan fingerprint density at radius 2 is 2.14 bits per heavy atom. The van der Waals surface area contributed by atoms with Gasteiger partial charge in [0.1, 0.15) is 5.52 Å². The van der Waals surface area contributed by atoms with Gasteiger partial charge in [-0.25, -0.2) is 9.50 Å². The molecule has 1 aliphatic carbocycles. The Morgan fingerprint density at radius 3 is 2.82 bits per heavy atom. The van der Waals surface area contributed by atoms with Crippen molar-refractivity contribution in [2.75, 3.05) is 30.5 Å². The van der Waals surface area contributed by atoms with Gasteiger partial charge in [0.05, 0.1) is 24.6 Å². The highest BCUT2D eigenvalue weighted by molar-refractivity contribution is 5.99. The van der Waals surface area contributed by atoms with Gasteiger partial charge < -0.3 is 20.1 Å². The molecule has 2 aliphatic rings. The van der Waals surface area contributed by atoms with Crippen molar-refractivity contribution in [3.63, 3.8) is 0 Å². The zero-order valence-electron chi connectivity index (χ0n) is 16.6. The van der Waals surface area contributed by atoms with Gasteiger partial charge in [0.15, 0.2) is 0 Å². The highest BCUT2D eigenvalue weighted by Crippen LogP contribution is 2.38. The van der Waals surface area contributed by atoms with Crippen LogP contribution < -0.4 is 10.2 Å². The van der Waals surface area contributed by atoms with E-state index in [0.29, 0.717) is 24.9 Å². The molecule has 0 bridgehead atoms. The van der Waals surface area contributed by atoms with E-state index in [9.17, 15) is 9.90 Å². The van der Waals surface area contributed by atoms with Crippen LogP contribution in [0.15, 0.2) is 12.3 Å². The minimum Gasteiger partial charge on any atom is -0.393 e. The van der Waals surface area contributed by atoms with Crippen LogP contribution in [0.3, 0.4) is 0 Å². The van der Waals surface area contributed by atoms with Crippen LogP contribution in [-0.4, -0.2) is 58.0 Å². The van der Waals surface area contributed by atoms with Crippen molar-refractivity contribution in [2.24, 2.45) is 0 Å². The molecule has 1 atom stereocenters.